The van der Waals surface area contributed by atoms with Crippen LogP contribution in [-0.4, -0.2) is 152 Å². The minimum absolute atomic E-state index is 0.00667. The minimum atomic E-state index is -0.906. The summed E-state index contributed by atoms with van der Waals surface area (Å²) < 4.78 is 55.5. The van der Waals surface area contributed by atoms with Crippen LogP contribution in [0.15, 0.2) is 60.7 Å². The number of epoxide rings is 2. The molecule has 0 amide bonds. The molecule has 0 aliphatic carbocycles. The van der Waals surface area contributed by atoms with Gasteiger partial charge >= 0.3 is 30.2 Å². The maximum atomic E-state index is 13.6. The van der Waals surface area contributed by atoms with E-state index >= 15 is 0 Å². The number of aliphatic hydroxyl groups is 1. The maximum Gasteiger partial charge on any atom is 0.508 e. The van der Waals surface area contributed by atoms with E-state index in [2.05, 4.69) is 47.6 Å². The van der Waals surface area contributed by atoms with E-state index in [0.717, 1.165) is 24.8 Å². The van der Waals surface area contributed by atoms with E-state index in [4.69, 9.17) is 47.7 Å². The van der Waals surface area contributed by atoms with E-state index in [0.29, 0.717) is 52.1 Å². The fraction of sp³-hybridized carbons (Fsp3) is 0.672. The van der Waals surface area contributed by atoms with Crippen molar-refractivity contribution in [3.63, 3.8) is 0 Å². The van der Waals surface area contributed by atoms with Crippen molar-refractivity contribution in [2.75, 3.05) is 92.5 Å². The van der Waals surface area contributed by atoms with Crippen molar-refractivity contribution < 1.29 is 90.8 Å². The van der Waals surface area contributed by atoms with Crippen LogP contribution < -0.4 is 0 Å². The first-order valence-electron chi connectivity index (χ1n) is 26.8. The average Bonchev–Trinajstić information content (AvgIpc) is 4.36. The van der Waals surface area contributed by atoms with E-state index < -0.39 is 39.9 Å². The fourth-order valence-corrected chi connectivity index (χ4v) is 9.06. The number of cyclic esters (lactones) is 2. The molecular weight excluding hydrogens is 1000 g/mol. The largest absolute Gasteiger partial charge is 0.508 e. The van der Waals surface area contributed by atoms with Gasteiger partial charge in [-0.2, -0.15) is 0 Å². The summed E-state index contributed by atoms with van der Waals surface area (Å²) in [5, 5.41) is 8.97. The molecule has 5 rings (SSSR count). The number of ether oxygens (including phenoxy) is 11. The Balaban J connectivity index is 0.000000369. The summed E-state index contributed by atoms with van der Waals surface area (Å²) in [5.74, 6) is -0.983. The lowest BCUT2D eigenvalue weighted by molar-refractivity contribution is -0.158. The summed E-state index contributed by atoms with van der Waals surface area (Å²) in [5.41, 5.74) is -1.07. The number of carbonyl (C=O) groups excluding carboxylic acids is 7. The molecule has 3 fully saturated rings. The fourth-order valence-electron chi connectivity index (χ4n) is 9.06. The number of benzene rings is 2. The second-order valence-electron chi connectivity index (χ2n) is 21.4. The van der Waals surface area contributed by atoms with Gasteiger partial charge in [-0.25, -0.2) is 9.59 Å². The molecule has 3 heterocycles. The smallest absolute Gasteiger partial charge is 0.466 e. The predicted octanol–water partition coefficient (Wildman–Crippen LogP) is 8.68. The van der Waals surface area contributed by atoms with Crippen molar-refractivity contribution in [3.05, 3.63) is 71.8 Å². The van der Waals surface area contributed by atoms with Crippen LogP contribution in [-0.2, 0) is 76.1 Å². The normalized spacial score (nSPS) is 18.0. The van der Waals surface area contributed by atoms with Gasteiger partial charge in [-0.1, -0.05) is 88.4 Å². The van der Waals surface area contributed by atoms with Gasteiger partial charge < -0.3 is 57.2 Å². The third-order valence-corrected chi connectivity index (χ3v) is 13.3. The van der Waals surface area contributed by atoms with Crippen molar-refractivity contribution in [2.24, 2.45) is 21.7 Å². The summed E-state index contributed by atoms with van der Waals surface area (Å²) in [7, 11) is 0. The highest BCUT2D eigenvalue weighted by Gasteiger charge is 2.46. The zero-order valence-corrected chi connectivity index (χ0v) is 46.9. The number of hydrogen-bond acceptors (Lipinski definition) is 19. The molecule has 2 aromatic carbocycles. The molecule has 2 aromatic rings. The summed E-state index contributed by atoms with van der Waals surface area (Å²) >= 11 is 0. The van der Waals surface area contributed by atoms with Crippen LogP contribution in [0.1, 0.15) is 137 Å². The summed E-state index contributed by atoms with van der Waals surface area (Å²) in [6, 6.07) is 20.2. The Labute approximate surface area is 454 Å². The van der Waals surface area contributed by atoms with E-state index in [1.807, 2.05) is 64.1 Å². The molecule has 0 saturated carbocycles. The van der Waals surface area contributed by atoms with Crippen LogP contribution >= 0.6 is 0 Å². The van der Waals surface area contributed by atoms with Crippen molar-refractivity contribution in [1.29, 1.82) is 0 Å². The van der Waals surface area contributed by atoms with E-state index in [1.54, 1.807) is 13.8 Å². The Morgan fingerprint density at radius 1 is 0.597 bits per heavy atom. The molecule has 3 saturated heterocycles. The Morgan fingerprint density at radius 3 is 1.39 bits per heavy atom. The topological polar surface area (TPSA) is 248 Å². The van der Waals surface area contributed by atoms with E-state index in [-0.39, 0.29) is 120 Å². The Kier molecular flexibility index (Phi) is 28.8. The zero-order valence-electron chi connectivity index (χ0n) is 46.9. The molecular formula is C58H86O19. The Hall–Kier alpha value is -5.47. The average molecular weight is 1090 g/mol. The lowest BCUT2D eigenvalue weighted by Crippen LogP contribution is -2.41. The van der Waals surface area contributed by atoms with Gasteiger partial charge in [0.2, 0.25) is 0 Å². The third-order valence-electron chi connectivity index (χ3n) is 13.3. The molecule has 1 N–H and O–H groups in total. The van der Waals surface area contributed by atoms with Crippen LogP contribution in [0.4, 0.5) is 9.59 Å². The van der Waals surface area contributed by atoms with Gasteiger partial charge in [0.15, 0.2) is 11.6 Å². The SMILES string of the molecule is CCC(CC(C)(CC(C)(C)C(=O)OCC1CO1)C(=O)COCCO)c1ccccc1.CCC(CC(C)(CC(C)(C)C(=O)OCC1CO1)C(=O)COCCOC(=O)OCCCOC(C)=O)c1ccccc1.O=C1OCCCO1. The van der Waals surface area contributed by atoms with Gasteiger partial charge in [0.1, 0.15) is 45.2 Å². The quantitative estimate of drug-likeness (QED) is 0.0304. The van der Waals surface area contributed by atoms with Gasteiger partial charge in [-0.05, 0) is 89.2 Å². The van der Waals surface area contributed by atoms with Gasteiger partial charge in [0.25, 0.3) is 0 Å². The molecule has 0 radical (unpaired) electrons. The molecule has 432 valence electrons. The molecule has 19 nitrogen and oxygen atoms in total. The number of carbonyl (C=O) groups is 7. The predicted molar refractivity (Wildman–Crippen MR) is 282 cm³/mol. The molecule has 3 aliphatic heterocycles. The van der Waals surface area contributed by atoms with Gasteiger partial charge in [-0.3, -0.25) is 24.0 Å². The Morgan fingerprint density at radius 2 is 1.01 bits per heavy atom. The number of hydrogen-bond donors (Lipinski definition) is 1. The van der Waals surface area contributed by atoms with Crippen LogP contribution in [0.2, 0.25) is 0 Å². The van der Waals surface area contributed by atoms with Crippen LogP contribution in [0, 0.1) is 21.7 Å². The van der Waals surface area contributed by atoms with Gasteiger partial charge in [0.05, 0.1) is 70.3 Å². The highest BCUT2D eigenvalue weighted by atomic mass is 16.7. The number of esters is 3. The van der Waals surface area contributed by atoms with Gasteiger partial charge in [-0.15, -0.1) is 0 Å². The summed E-state index contributed by atoms with van der Waals surface area (Å²) in [6.45, 7) is 19.1. The molecule has 19 heteroatoms. The number of aliphatic hydroxyl groups excluding tert-OH is 1. The monoisotopic (exact) mass is 1090 g/mol. The maximum absolute atomic E-state index is 13.6. The molecule has 6 atom stereocenters. The van der Waals surface area contributed by atoms with E-state index in [9.17, 15) is 33.6 Å². The highest BCUT2D eigenvalue weighted by molar-refractivity contribution is 5.88. The number of rotatable bonds is 33. The first-order chi connectivity index (χ1) is 36.6. The molecule has 0 bridgehead atoms. The van der Waals surface area contributed by atoms with E-state index in [1.165, 1.54) is 12.5 Å². The molecule has 0 aromatic heterocycles. The van der Waals surface area contributed by atoms with Crippen LogP contribution in [0.5, 0.6) is 0 Å². The highest BCUT2D eigenvalue weighted by Crippen LogP contribution is 2.45. The van der Waals surface area contributed by atoms with Crippen LogP contribution in [0.3, 0.4) is 0 Å². The van der Waals surface area contributed by atoms with Crippen molar-refractivity contribution in [1.82, 2.24) is 0 Å². The standard InChI is InChI=1S/C30H44O10.C24H36O6.C4H6O3/c1-6-23(24-11-8-7-9-12-24)17-30(5,21-29(3,4)27(33)40-19-25-18-39-25)26(32)20-35-15-16-38-28(34)37-14-10-13-36-22(2)31;1-5-18(19-9-7-6-8-10-19)13-24(4,21(26)16-28-12-11-25)17-23(2,3)22(27)30-15-20-14-29-20;5-4-6-2-1-3-7-4/h7-9,11-12,23,25H,6,10,13-21H2,1-5H3;6-10,18,20,25H,5,11-17H2,1-4H3;1-3H2. The molecule has 3 aliphatic rings. The first-order valence-corrected chi connectivity index (χ1v) is 26.8. The Bertz CT molecular complexity index is 2100. The van der Waals surface area contributed by atoms with Crippen LogP contribution in [0.25, 0.3) is 0 Å². The van der Waals surface area contributed by atoms with Crippen molar-refractivity contribution >= 4 is 41.8 Å². The second kappa shape index (κ2) is 33.7. The first kappa shape index (κ1) is 65.8. The second-order valence-corrected chi connectivity index (χ2v) is 21.4. The minimum Gasteiger partial charge on any atom is -0.466 e. The van der Waals surface area contributed by atoms with Crippen molar-refractivity contribution in [2.45, 2.75) is 138 Å². The summed E-state index contributed by atoms with van der Waals surface area (Å²) in [6.07, 6.45) is 3.25. The van der Waals surface area contributed by atoms with Crippen molar-refractivity contribution in [3.8, 4) is 0 Å². The third kappa shape index (κ3) is 25.7. The molecule has 77 heavy (non-hydrogen) atoms. The number of Topliss-reactive ketones (excluding diaryl/α,β-unsaturated/α-hetero) is 2. The summed E-state index contributed by atoms with van der Waals surface area (Å²) in [4.78, 5) is 84.9. The molecule has 6 unspecified atom stereocenters. The molecule has 0 spiro atoms. The number of ketones is 2. The lowest BCUT2D eigenvalue weighted by atomic mass is 9.66. The zero-order chi connectivity index (χ0) is 56.9. The lowest BCUT2D eigenvalue weighted by Gasteiger charge is -2.37. The van der Waals surface area contributed by atoms with Gasteiger partial charge in [0, 0.05) is 30.6 Å².